The fraction of sp³-hybridized carbons (Fsp3) is 0.370. The molecule has 2 rings (SSSR count). The minimum absolute atomic E-state index is 0.247. The van der Waals surface area contributed by atoms with Crippen LogP contribution < -0.4 is 9.47 Å². The molecule has 1 aromatic rings. The predicted molar refractivity (Wildman–Crippen MR) is 125 cm³/mol. The molecule has 0 amide bonds. The van der Waals surface area contributed by atoms with Crippen LogP contribution in [0.25, 0.3) is 0 Å². The molecule has 1 aliphatic rings. The summed E-state index contributed by atoms with van der Waals surface area (Å²) in [4.78, 5) is 12.1. The fourth-order valence-corrected chi connectivity index (χ4v) is 3.68. The zero-order chi connectivity index (χ0) is 22.1. The van der Waals surface area contributed by atoms with Crippen LogP contribution in [-0.4, -0.2) is 13.1 Å². The van der Waals surface area contributed by atoms with Crippen molar-refractivity contribution in [3.63, 3.8) is 0 Å². The largest absolute Gasteiger partial charge is 0.497 e. The SMILES string of the molecule is COc1cccc(OC(=O)/C=C(C)/C=C/C=C(C)/C=C/C2=C(C)CCCC2(C)C)c1. The smallest absolute Gasteiger partial charge is 0.336 e. The molecule has 0 unspecified atom stereocenters. The first-order chi connectivity index (χ1) is 14.2. The number of hydrogen-bond acceptors (Lipinski definition) is 3. The van der Waals surface area contributed by atoms with E-state index in [1.165, 1.54) is 42.1 Å². The molecule has 0 aliphatic heterocycles. The van der Waals surface area contributed by atoms with Gasteiger partial charge in [-0.1, -0.05) is 61.4 Å². The molecule has 0 saturated heterocycles. The molecular formula is C27H34O3. The zero-order valence-corrected chi connectivity index (χ0v) is 19.1. The standard InChI is InChI=1S/C27H34O3/c1-20(15-16-25-22(3)12-9-17-27(25,4)5)10-7-11-21(2)18-26(28)30-24-14-8-13-23(19-24)29-6/h7-8,10-11,13-16,18-19H,9,12,17H2,1-6H3/b11-7+,16-15+,20-10+,21-18+. The van der Waals surface area contributed by atoms with Gasteiger partial charge in [0.05, 0.1) is 7.11 Å². The van der Waals surface area contributed by atoms with E-state index in [0.29, 0.717) is 11.5 Å². The van der Waals surface area contributed by atoms with Crippen molar-refractivity contribution in [1.29, 1.82) is 0 Å². The third-order valence-electron chi connectivity index (χ3n) is 5.38. The van der Waals surface area contributed by atoms with E-state index in [1.54, 1.807) is 31.4 Å². The van der Waals surface area contributed by atoms with Gasteiger partial charge in [-0.3, -0.25) is 0 Å². The maximum absolute atomic E-state index is 12.1. The number of rotatable bonds is 7. The van der Waals surface area contributed by atoms with Crippen LogP contribution in [0.1, 0.15) is 53.9 Å². The maximum atomic E-state index is 12.1. The lowest BCUT2D eigenvalue weighted by Crippen LogP contribution is -2.19. The minimum atomic E-state index is -0.409. The van der Waals surface area contributed by atoms with Gasteiger partial charge in [-0.05, 0) is 68.7 Å². The van der Waals surface area contributed by atoms with Crippen LogP contribution in [0.5, 0.6) is 11.5 Å². The Kier molecular flexibility index (Phi) is 8.46. The highest BCUT2D eigenvalue weighted by atomic mass is 16.5. The van der Waals surface area contributed by atoms with E-state index in [0.717, 1.165) is 5.57 Å². The topological polar surface area (TPSA) is 35.5 Å². The summed E-state index contributed by atoms with van der Waals surface area (Å²) in [6.07, 6.45) is 15.5. The summed E-state index contributed by atoms with van der Waals surface area (Å²) >= 11 is 0. The molecule has 0 bridgehead atoms. The molecule has 30 heavy (non-hydrogen) atoms. The molecule has 0 heterocycles. The number of hydrogen-bond donors (Lipinski definition) is 0. The van der Waals surface area contributed by atoms with Crippen molar-refractivity contribution in [2.45, 2.75) is 53.9 Å². The van der Waals surface area contributed by atoms with Crippen LogP contribution >= 0.6 is 0 Å². The summed E-state index contributed by atoms with van der Waals surface area (Å²) in [6, 6.07) is 6.99. The Hall–Kier alpha value is -2.81. The first-order valence-corrected chi connectivity index (χ1v) is 10.5. The van der Waals surface area contributed by atoms with Crippen molar-refractivity contribution in [3.05, 3.63) is 83.0 Å². The van der Waals surface area contributed by atoms with Crippen molar-refractivity contribution in [1.82, 2.24) is 0 Å². The van der Waals surface area contributed by atoms with Gasteiger partial charge < -0.3 is 9.47 Å². The van der Waals surface area contributed by atoms with Gasteiger partial charge in [0.25, 0.3) is 0 Å². The Bertz CT molecular complexity index is 908. The van der Waals surface area contributed by atoms with Gasteiger partial charge in [-0.25, -0.2) is 4.79 Å². The Morgan fingerprint density at radius 1 is 1.10 bits per heavy atom. The maximum Gasteiger partial charge on any atom is 0.336 e. The van der Waals surface area contributed by atoms with Crippen LogP contribution in [0.3, 0.4) is 0 Å². The van der Waals surface area contributed by atoms with Crippen molar-refractivity contribution >= 4 is 5.97 Å². The van der Waals surface area contributed by atoms with Crippen LogP contribution in [0.2, 0.25) is 0 Å². The molecule has 1 aliphatic carbocycles. The summed E-state index contributed by atoms with van der Waals surface area (Å²) in [5.41, 5.74) is 5.20. The van der Waals surface area contributed by atoms with Crippen molar-refractivity contribution < 1.29 is 14.3 Å². The number of ether oxygens (including phenoxy) is 2. The summed E-state index contributed by atoms with van der Waals surface area (Å²) in [7, 11) is 1.58. The van der Waals surface area contributed by atoms with Crippen LogP contribution in [-0.2, 0) is 4.79 Å². The van der Waals surface area contributed by atoms with Gasteiger partial charge in [0.15, 0.2) is 0 Å². The molecule has 0 aromatic heterocycles. The zero-order valence-electron chi connectivity index (χ0n) is 19.1. The van der Waals surface area contributed by atoms with Gasteiger partial charge in [0, 0.05) is 12.1 Å². The third-order valence-corrected chi connectivity index (χ3v) is 5.38. The molecule has 0 saturated carbocycles. The van der Waals surface area contributed by atoms with Gasteiger partial charge in [0.2, 0.25) is 0 Å². The van der Waals surface area contributed by atoms with Gasteiger partial charge in [0.1, 0.15) is 11.5 Å². The van der Waals surface area contributed by atoms with E-state index in [1.807, 2.05) is 25.2 Å². The highest BCUT2D eigenvalue weighted by molar-refractivity contribution is 5.85. The first-order valence-electron chi connectivity index (χ1n) is 10.5. The normalized spacial score (nSPS) is 17.7. The van der Waals surface area contributed by atoms with Crippen LogP contribution in [0, 0.1) is 5.41 Å². The molecule has 3 heteroatoms. The average molecular weight is 407 g/mol. The molecule has 0 radical (unpaired) electrons. The molecule has 3 nitrogen and oxygen atoms in total. The van der Waals surface area contributed by atoms with E-state index >= 15 is 0 Å². The first kappa shape index (κ1) is 23.5. The average Bonchev–Trinajstić information content (AvgIpc) is 2.67. The number of carbonyl (C=O) groups is 1. The molecule has 1 aromatic carbocycles. The van der Waals surface area contributed by atoms with E-state index in [4.69, 9.17) is 9.47 Å². The van der Waals surface area contributed by atoms with Gasteiger partial charge in [-0.2, -0.15) is 0 Å². The second-order valence-electron chi connectivity index (χ2n) is 8.52. The van der Waals surface area contributed by atoms with Crippen molar-refractivity contribution in [2.24, 2.45) is 5.41 Å². The Morgan fingerprint density at radius 2 is 1.83 bits per heavy atom. The highest BCUT2D eigenvalue weighted by Crippen LogP contribution is 2.40. The monoisotopic (exact) mass is 406 g/mol. The molecule has 0 N–H and O–H groups in total. The van der Waals surface area contributed by atoms with E-state index in [9.17, 15) is 4.79 Å². The van der Waals surface area contributed by atoms with Gasteiger partial charge >= 0.3 is 5.97 Å². The summed E-state index contributed by atoms with van der Waals surface area (Å²) in [5, 5.41) is 0. The Labute approximate surface area is 181 Å². The lowest BCUT2D eigenvalue weighted by Gasteiger charge is -2.32. The van der Waals surface area contributed by atoms with Crippen LogP contribution in [0.4, 0.5) is 0 Å². The lowest BCUT2D eigenvalue weighted by molar-refractivity contribution is -0.129. The molecule has 0 fully saturated rings. The minimum Gasteiger partial charge on any atom is -0.497 e. The van der Waals surface area contributed by atoms with Crippen molar-refractivity contribution in [2.75, 3.05) is 7.11 Å². The number of benzene rings is 1. The van der Waals surface area contributed by atoms with E-state index in [2.05, 4.69) is 39.8 Å². The summed E-state index contributed by atoms with van der Waals surface area (Å²) in [5.74, 6) is 0.702. The number of methoxy groups -OCH3 is 1. The second-order valence-corrected chi connectivity index (χ2v) is 8.52. The molecule has 160 valence electrons. The quantitative estimate of drug-likeness (QED) is 0.209. The Morgan fingerprint density at radius 3 is 2.53 bits per heavy atom. The number of allylic oxidation sites excluding steroid dienone is 9. The third kappa shape index (κ3) is 7.22. The molecule has 0 spiro atoms. The fourth-order valence-electron chi connectivity index (χ4n) is 3.68. The van der Waals surface area contributed by atoms with E-state index < -0.39 is 5.97 Å². The highest BCUT2D eigenvalue weighted by Gasteiger charge is 2.26. The summed E-state index contributed by atoms with van der Waals surface area (Å²) in [6.45, 7) is 10.9. The lowest BCUT2D eigenvalue weighted by atomic mass is 9.72. The molecular weight excluding hydrogens is 372 g/mol. The second kappa shape index (κ2) is 10.8. The Balaban J connectivity index is 1.97. The van der Waals surface area contributed by atoms with E-state index in [-0.39, 0.29) is 5.41 Å². The molecule has 0 atom stereocenters. The van der Waals surface area contributed by atoms with Gasteiger partial charge in [-0.15, -0.1) is 0 Å². The summed E-state index contributed by atoms with van der Waals surface area (Å²) < 4.78 is 10.5. The number of carbonyl (C=O) groups excluding carboxylic acids is 1. The number of esters is 1. The predicted octanol–water partition coefficient (Wildman–Crippen LogP) is 7.13. The van der Waals surface area contributed by atoms with Crippen LogP contribution in [0.15, 0.2) is 83.0 Å². The van der Waals surface area contributed by atoms with Crippen molar-refractivity contribution in [3.8, 4) is 11.5 Å².